The van der Waals surface area contributed by atoms with Crippen LogP contribution in [-0.4, -0.2) is 23.7 Å². The number of carbonyl (C=O) groups excluding carboxylic acids is 1. The van der Waals surface area contributed by atoms with E-state index in [9.17, 15) is 4.79 Å². The van der Waals surface area contributed by atoms with Crippen molar-refractivity contribution < 1.29 is 9.53 Å². The number of rotatable bonds is 4. The van der Waals surface area contributed by atoms with Crippen molar-refractivity contribution in [2.24, 2.45) is 11.3 Å². The summed E-state index contributed by atoms with van der Waals surface area (Å²) in [6.07, 6.45) is 4.02. The number of nitrogens with one attached hydrogen (secondary N) is 2. The van der Waals surface area contributed by atoms with Crippen molar-refractivity contribution in [2.75, 3.05) is 12.4 Å². The molecule has 1 atom stereocenters. The number of fused-ring (bicyclic) bond motifs is 1. The summed E-state index contributed by atoms with van der Waals surface area (Å²) in [5, 5.41) is 8.04. The van der Waals surface area contributed by atoms with E-state index in [4.69, 9.17) is 17.0 Å². The maximum atomic E-state index is 12.4. The van der Waals surface area contributed by atoms with Crippen LogP contribution < -0.4 is 10.6 Å². The zero-order valence-electron chi connectivity index (χ0n) is 17.0. The molecule has 26 heavy (non-hydrogen) atoms. The monoisotopic (exact) mass is 396 g/mol. The molecule has 2 rings (SSSR count). The van der Waals surface area contributed by atoms with Crippen LogP contribution in [-0.2, 0) is 17.6 Å². The zero-order valence-corrected chi connectivity index (χ0v) is 18.7. The number of ether oxygens (including phenoxy) is 1. The Morgan fingerprint density at radius 3 is 2.54 bits per heavy atom. The molecule has 6 heteroatoms. The topological polar surface area (TPSA) is 50.4 Å². The Kier molecular flexibility index (Phi) is 6.39. The summed E-state index contributed by atoms with van der Waals surface area (Å²) in [7, 11) is 1.44. The summed E-state index contributed by atoms with van der Waals surface area (Å²) >= 11 is 7.19. The highest BCUT2D eigenvalue weighted by atomic mass is 32.1. The number of thiophene rings is 1. The molecule has 1 aliphatic rings. The minimum Gasteiger partial charge on any atom is -0.465 e. The van der Waals surface area contributed by atoms with Crippen LogP contribution in [0, 0.1) is 11.3 Å². The van der Waals surface area contributed by atoms with Gasteiger partial charge in [0.1, 0.15) is 5.00 Å². The molecular weight excluding hydrogens is 364 g/mol. The standard InChI is InChI=1S/C20H32N2O2S2/c1-12-8-9-13-14(10-12)26-16(15(13)17(23)24-7)21-18(25)22-20(5,6)11-19(2,3)4/h12H,8-11H2,1-7H3,(H2,21,22,25). The molecule has 1 aliphatic carbocycles. The zero-order chi connectivity index (χ0) is 19.7. The maximum Gasteiger partial charge on any atom is 0.341 e. The van der Waals surface area contributed by atoms with E-state index in [1.54, 1.807) is 11.3 Å². The van der Waals surface area contributed by atoms with Crippen molar-refractivity contribution >= 4 is 39.6 Å². The van der Waals surface area contributed by atoms with Crippen molar-refractivity contribution in [3.8, 4) is 0 Å². The SMILES string of the molecule is COC(=O)c1c(NC(=S)NC(C)(C)CC(C)(C)C)sc2c1CCC(C)C2. The van der Waals surface area contributed by atoms with Crippen LogP contribution in [0.2, 0.25) is 0 Å². The van der Waals surface area contributed by atoms with Gasteiger partial charge in [-0.3, -0.25) is 0 Å². The molecule has 0 saturated heterocycles. The van der Waals surface area contributed by atoms with E-state index in [-0.39, 0.29) is 16.9 Å². The first-order valence-electron chi connectivity index (χ1n) is 9.24. The molecule has 146 valence electrons. The van der Waals surface area contributed by atoms with Crippen LogP contribution in [0.15, 0.2) is 0 Å². The van der Waals surface area contributed by atoms with Gasteiger partial charge in [0.25, 0.3) is 0 Å². The minimum atomic E-state index is -0.281. The first-order valence-corrected chi connectivity index (χ1v) is 10.5. The first-order chi connectivity index (χ1) is 11.9. The van der Waals surface area contributed by atoms with Gasteiger partial charge in [0.2, 0.25) is 0 Å². The number of methoxy groups -OCH3 is 1. The van der Waals surface area contributed by atoms with Crippen LogP contribution in [0.4, 0.5) is 5.00 Å². The molecule has 4 nitrogen and oxygen atoms in total. The lowest BCUT2D eigenvalue weighted by atomic mass is 9.82. The quantitative estimate of drug-likeness (QED) is 0.544. The Bertz CT molecular complexity index is 687. The van der Waals surface area contributed by atoms with Gasteiger partial charge in [0, 0.05) is 10.4 Å². The molecule has 1 aromatic heterocycles. The Balaban J connectivity index is 2.21. The molecule has 0 spiro atoms. The largest absolute Gasteiger partial charge is 0.465 e. The first kappa shape index (κ1) is 21.2. The Morgan fingerprint density at radius 2 is 1.96 bits per heavy atom. The van der Waals surface area contributed by atoms with Crippen LogP contribution in [0.3, 0.4) is 0 Å². The third-order valence-electron chi connectivity index (χ3n) is 4.55. The Morgan fingerprint density at radius 1 is 1.31 bits per heavy atom. The second-order valence-electron chi connectivity index (χ2n) is 9.25. The summed E-state index contributed by atoms with van der Waals surface area (Å²) in [4.78, 5) is 13.7. The number of esters is 1. The molecule has 0 fully saturated rings. The average Bonchev–Trinajstić information content (AvgIpc) is 2.79. The van der Waals surface area contributed by atoms with Gasteiger partial charge in [0.05, 0.1) is 12.7 Å². The molecular formula is C20H32N2O2S2. The summed E-state index contributed by atoms with van der Waals surface area (Å²) < 4.78 is 5.04. The van der Waals surface area contributed by atoms with Crippen molar-refractivity contribution in [3.05, 3.63) is 16.0 Å². The third kappa shape index (κ3) is 5.43. The highest BCUT2D eigenvalue weighted by Gasteiger charge is 2.30. The lowest BCUT2D eigenvalue weighted by Crippen LogP contribution is -2.47. The lowest BCUT2D eigenvalue weighted by molar-refractivity contribution is 0.0601. The molecule has 0 amide bonds. The second-order valence-corrected chi connectivity index (χ2v) is 10.8. The molecule has 0 bridgehead atoms. The molecule has 1 unspecified atom stereocenters. The van der Waals surface area contributed by atoms with Gasteiger partial charge in [-0.25, -0.2) is 4.79 Å². The van der Waals surface area contributed by atoms with Crippen molar-refractivity contribution in [2.45, 2.75) is 72.8 Å². The Hall–Kier alpha value is -1.14. The van der Waals surface area contributed by atoms with Gasteiger partial charge in [-0.2, -0.15) is 0 Å². The van der Waals surface area contributed by atoms with E-state index in [1.165, 1.54) is 12.0 Å². The van der Waals surface area contributed by atoms with Crippen molar-refractivity contribution in [1.29, 1.82) is 0 Å². The summed E-state index contributed by atoms with van der Waals surface area (Å²) in [5.74, 6) is 0.367. The summed E-state index contributed by atoms with van der Waals surface area (Å²) in [6, 6.07) is 0. The van der Waals surface area contributed by atoms with E-state index in [0.717, 1.165) is 36.2 Å². The number of hydrogen-bond donors (Lipinski definition) is 2. The van der Waals surface area contributed by atoms with Gasteiger partial charge >= 0.3 is 5.97 Å². The van der Waals surface area contributed by atoms with Gasteiger partial charge < -0.3 is 15.4 Å². The molecule has 0 saturated carbocycles. The smallest absolute Gasteiger partial charge is 0.341 e. The fourth-order valence-corrected chi connectivity index (χ4v) is 5.81. The van der Waals surface area contributed by atoms with Crippen LogP contribution in [0.5, 0.6) is 0 Å². The number of carbonyl (C=O) groups is 1. The van der Waals surface area contributed by atoms with E-state index < -0.39 is 0 Å². The van der Waals surface area contributed by atoms with Crippen molar-refractivity contribution in [1.82, 2.24) is 5.32 Å². The van der Waals surface area contributed by atoms with Crippen LogP contribution >= 0.6 is 23.6 Å². The molecule has 0 radical (unpaired) electrons. The van der Waals surface area contributed by atoms with Gasteiger partial charge in [-0.15, -0.1) is 11.3 Å². The predicted molar refractivity (Wildman–Crippen MR) is 114 cm³/mol. The highest BCUT2D eigenvalue weighted by Crippen LogP contribution is 2.40. The molecule has 1 aromatic rings. The minimum absolute atomic E-state index is 0.140. The van der Waals surface area contributed by atoms with Crippen LogP contribution in [0.1, 0.15) is 75.2 Å². The lowest BCUT2D eigenvalue weighted by Gasteiger charge is -2.34. The fourth-order valence-electron chi connectivity index (χ4n) is 3.97. The van der Waals surface area contributed by atoms with Crippen LogP contribution in [0.25, 0.3) is 0 Å². The highest BCUT2D eigenvalue weighted by molar-refractivity contribution is 7.80. The maximum absolute atomic E-state index is 12.4. The predicted octanol–water partition coefficient (Wildman–Crippen LogP) is 5.16. The average molecular weight is 397 g/mol. The normalized spacial score (nSPS) is 17.4. The van der Waals surface area contributed by atoms with Gasteiger partial charge in [0.15, 0.2) is 5.11 Å². The third-order valence-corrected chi connectivity index (χ3v) is 5.93. The molecule has 2 N–H and O–H groups in total. The summed E-state index contributed by atoms with van der Waals surface area (Å²) in [5.41, 5.74) is 1.86. The Labute approximate surface area is 167 Å². The number of thiocarbonyl (C=S) groups is 1. The second kappa shape index (κ2) is 7.85. The van der Waals surface area contributed by atoms with E-state index in [0.29, 0.717) is 16.6 Å². The van der Waals surface area contributed by atoms with Crippen molar-refractivity contribution in [3.63, 3.8) is 0 Å². The van der Waals surface area contributed by atoms with E-state index >= 15 is 0 Å². The number of anilines is 1. The molecule has 0 aromatic carbocycles. The molecule has 0 aliphatic heterocycles. The van der Waals surface area contributed by atoms with E-state index in [2.05, 4.69) is 52.2 Å². The van der Waals surface area contributed by atoms with Gasteiger partial charge in [-0.1, -0.05) is 27.7 Å². The van der Waals surface area contributed by atoms with E-state index in [1.807, 2.05) is 0 Å². The summed E-state index contributed by atoms with van der Waals surface area (Å²) in [6.45, 7) is 13.2. The fraction of sp³-hybridized carbons (Fsp3) is 0.700. The number of hydrogen-bond acceptors (Lipinski definition) is 4. The molecule has 1 heterocycles. The van der Waals surface area contributed by atoms with Gasteiger partial charge in [-0.05, 0) is 68.6 Å².